The molecule has 0 saturated heterocycles. The summed E-state index contributed by atoms with van der Waals surface area (Å²) in [4.78, 5) is 10.6. The number of nitrogens with one attached hydrogen (secondary N) is 1. The van der Waals surface area contributed by atoms with Crippen molar-refractivity contribution >= 4 is 11.7 Å². The summed E-state index contributed by atoms with van der Waals surface area (Å²) >= 11 is 0. The van der Waals surface area contributed by atoms with Gasteiger partial charge in [0, 0.05) is 7.05 Å². The Balaban J connectivity index is 2.11. The summed E-state index contributed by atoms with van der Waals surface area (Å²) in [6.07, 6.45) is 1.54. The lowest BCUT2D eigenvalue weighted by Gasteiger charge is -2.07. The molecule has 0 aliphatic rings. The lowest BCUT2D eigenvalue weighted by molar-refractivity contribution is 0.0696. The highest BCUT2D eigenvalue weighted by atomic mass is 19.1. The van der Waals surface area contributed by atoms with Gasteiger partial charge < -0.3 is 15.0 Å². The number of hydrogen-bond donors (Lipinski definition) is 2. The molecule has 0 amide bonds. The van der Waals surface area contributed by atoms with Gasteiger partial charge in [0.05, 0.1) is 17.8 Å². The normalized spacial score (nSPS) is 10.3. The maximum atomic E-state index is 13.6. The molecule has 0 aliphatic heterocycles. The van der Waals surface area contributed by atoms with Gasteiger partial charge in [-0.1, -0.05) is 0 Å². The molecular formula is C11H11FN4O2. The third kappa shape index (κ3) is 2.45. The maximum Gasteiger partial charge on any atom is 0.335 e. The summed E-state index contributed by atoms with van der Waals surface area (Å²) < 4.78 is 15.3. The number of aryl methyl sites for hydroxylation is 1. The van der Waals surface area contributed by atoms with Gasteiger partial charge in [-0.3, -0.25) is 0 Å². The molecule has 94 valence electrons. The zero-order valence-electron chi connectivity index (χ0n) is 9.59. The van der Waals surface area contributed by atoms with Crippen LogP contribution in [-0.2, 0) is 13.6 Å². The van der Waals surface area contributed by atoms with Crippen LogP contribution >= 0.6 is 0 Å². The van der Waals surface area contributed by atoms with Crippen LogP contribution in [0.25, 0.3) is 0 Å². The fraction of sp³-hybridized carbons (Fsp3) is 0.182. The smallest absolute Gasteiger partial charge is 0.335 e. The molecule has 18 heavy (non-hydrogen) atoms. The molecule has 1 aromatic carbocycles. The Labute approximate surface area is 102 Å². The monoisotopic (exact) mass is 250 g/mol. The lowest BCUT2D eigenvalue weighted by atomic mass is 10.2. The topological polar surface area (TPSA) is 80.0 Å². The molecule has 0 aliphatic carbocycles. The predicted molar refractivity (Wildman–Crippen MR) is 61.7 cm³/mol. The Morgan fingerprint density at radius 1 is 1.56 bits per heavy atom. The van der Waals surface area contributed by atoms with E-state index in [-0.39, 0.29) is 11.3 Å². The van der Waals surface area contributed by atoms with Crippen LogP contribution in [0.3, 0.4) is 0 Å². The van der Waals surface area contributed by atoms with Crippen molar-refractivity contribution in [3.63, 3.8) is 0 Å². The average Bonchev–Trinajstić information content (AvgIpc) is 2.73. The molecule has 0 bridgehead atoms. The van der Waals surface area contributed by atoms with Crippen LogP contribution in [0.15, 0.2) is 24.5 Å². The minimum absolute atomic E-state index is 0.0864. The van der Waals surface area contributed by atoms with Crippen LogP contribution in [-0.4, -0.2) is 25.8 Å². The molecule has 0 saturated carbocycles. The fourth-order valence-electron chi connectivity index (χ4n) is 1.43. The van der Waals surface area contributed by atoms with E-state index >= 15 is 0 Å². The number of aromatic nitrogens is 3. The van der Waals surface area contributed by atoms with E-state index in [1.165, 1.54) is 12.1 Å². The van der Waals surface area contributed by atoms with E-state index in [1.54, 1.807) is 17.9 Å². The number of rotatable bonds is 4. The van der Waals surface area contributed by atoms with Crippen LogP contribution in [0.2, 0.25) is 0 Å². The van der Waals surface area contributed by atoms with Crippen molar-refractivity contribution in [3.8, 4) is 0 Å². The van der Waals surface area contributed by atoms with Gasteiger partial charge in [-0.05, 0) is 18.2 Å². The van der Waals surface area contributed by atoms with Crippen molar-refractivity contribution < 1.29 is 14.3 Å². The van der Waals surface area contributed by atoms with Gasteiger partial charge in [0.25, 0.3) is 0 Å². The second-order valence-electron chi connectivity index (χ2n) is 3.71. The number of carboxylic acids is 1. The Morgan fingerprint density at radius 2 is 2.33 bits per heavy atom. The number of carboxylic acid groups (broad SMARTS) is 1. The first-order chi connectivity index (χ1) is 8.58. The van der Waals surface area contributed by atoms with Gasteiger partial charge in [0.1, 0.15) is 12.1 Å². The number of aromatic carboxylic acids is 1. The predicted octanol–water partition coefficient (Wildman–Crippen LogP) is 1.26. The van der Waals surface area contributed by atoms with Gasteiger partial charge in [-0.2, -0.15) is 0 Å². The van der Waals surface area contributed by atoms with E-state index < -0.39 is 11.8 Å². The molecule has 1 aromatic heterocycles. The zero-order chi connectivity index (χ0) is 13.1. The first kappa shape index (κ1) is 12.0. The third-order valence-electron chi connectivity index (χ3n) is 2.46. The van der Waals surface area contributed by atoms with E-state index in [0.29, 0.717) is 12.4 Å². The number of hydrogen-bond acceptors (Lipinski definition) is 4. The second-order valence-corrected chi connectivity index (χ2v) is 3.71. The Morgan fingerprint density at radius 3 is 2.89 bits per heavy atom. The van der Waals surface area contributed by atoms with Crippen LogP contribution in [0, 0.1) is 5.82 Å². The van der Waals surface area contributed by atoms with Gasteiger partial charge in [-0.15, -0.1) is 10.2 Å². The molecule has 0 atom stereocenters. The molecule has 0 spiro atoms. The molecule has 0 unspecified atom stereocenters. The van der Waals surface area contributed by atoms with Crippen molar-refractivity contribution in [1.82, 2.24) is 14.8 Å². The van der Waals surface area contributed by atoms with Crippen molar-refractivity contribution in [3.05, 3.63) is 41.7 Å². The Kier molecular flexibility index (Phi) is 3.22. The molecule has 0 fully saturated rings. The number of anilines is 1. The minimum Gasteiger partial charge on any atom is -0.478 e. The molecule has 2 N–H and O–H groups in total. The van der Waals surface area contributed by atoms with Crippen molar-refractivity contribution in [2.75, 3.05) is 5.32 Å². The summed E-state index contributed by atoms with van der Waals surface area (Å²) in [6.45, 7) is 0.305. The van der Waals surface area contributed by atoms with Gasteiger partial charge in [0.2, 0.25) is 0 Å². The molecule has 2 rings (SSSR count). The molecule has 7 heteroatoms. The Hall–Kier alpha value is -2.44. The number of nitrogens with zero attached hydrogens (tertiary/aromatic N) is 3. The highest BCUT2D eigenvalue weighted by Gasteiger charge is 2.08. The van der Waals surface area contributed by atoms with E-state index in [4.69, 9.17) is 5.11 Å². The van der Waals surface area contributed by atoms with E-state index in [2.05, 4.69) is 15.5 Å². The largest absolute Gasteiger partial charge is 0.478 e. The molecular weight excluding hydrogens is 239 g/mol. The summed E-state index contributed by atoms with van der Waals surface area (Å²) in [6, 6.07) is 3.70. The van der Waals surface area contributed by atoms with Crippen LogP contribution < -0.4 is 5.32 Å². The van der Waals surface area contributed by atoms with Crippen LogP contribution in [0.1, 0.15) is 16.2 Å². The fourth-order valence-corrected chi connectivity index (χ4v) is 1.43. The van der Waals surface area contributed by atoms with E-state index in [1.807, 2.05) is 0 Å². The molecule has 6 nitrogen and oxygen atoms in total. The minimum atomic E-state index is -1.16. The summed E-state index contributed by atoms with van der Waals surface area (Å²) in [5.74, 6) is -1.12. The van der Waals surface area contributed by atoms with Crippen LogP contribution in [0.4, 0.5) is 10.1 Å². The molecule has 1 heterocycles. The maximum absolute atomic E-state index is 13.6. The first-order valence-corrected chi connectivity index (χ1v) is 5.17. The standard InChI is InChI=1S/C11H11FN4O2/c1-16-6-14-15-10(16)5-13-9-3-2-7(11(17)18)4-8(9)12/h2-4,6,13H,5H2,1H3,(H,17,18). The van der Waals surface area contributed by atoms with Gasteiger partial charge in [-0.25, -0.2) is 9.18 Å². The van der Waals surface area contributed by atoms with E-state index in [0.717, 1.165) is 6.07 Å². The summed E-state index contributed by atoms with van der Waals surface area (Å²) in [7, 11) is 1.78. The Bertz CT molecular complexity index is 582. The highest BCUT2D eigenvalue weighted by Crippen LogP contribution is 2.16. The average molecular weight is 250 g/mol. The molecule has 0 radical (unpaired) electrons. The lowest BCUT2D eigenvalue weighted by Crippen LogP contribution is -2.07. The zero-order valence-corrected chi connectivity index (χ0v) is 9.59. The van der Waals surface area contributed by atoms with Gasteiger partial charge in [0.15, 0.2) is 5.82 Å². The van der Waals surface area contributed by atoms with Crippen molar-refractivity contribution in [2.24, 2.45) is 7.05 Å². The first-order valence-electron chi connectivity index (χ1n) is 5.17. The SMILES string of the molecule is Cn1cnnc1CNc1ccc(C(=O)O)cc1F. The van der Waals surface area contributed by atoms with Crippen LogP contribution in [0.5, 0.6) is 0 Å². The highest BCUT2D eigenvalue weighted by molar-refractivity contribution is 5.88. The quantitative estimate of drug-likeness (QED) is 0.854. The number of carbonyl (C=O) groups is 1. The van der Waals surface area contributed by atoms with Crippen molar-refractivity contribution in [2.45, 2.75) is 6.54 Å². The third-order valence-corrected chi connectivity index (χ3v) is 2.46. The van der Waals surface area contributed by atoms with Crippen molar-refractivity contribution in [1.29, 1.82) is 0 Å². The van der Waals surface area contributed by atoms with E-state index in [9.17, 15) is 9.18 Å². The molecule has 2 aromatic rings. The summed E-state index contributed by atoms with van der Waals surface area (Å²) in [5, 5.41) is 19.1. The number of halogens is 1. The number of benzene rings is 1. The van der Waals surface area contributed by atoms with Gasteiger partial charge >= 0.3 is 5.97 Å². The summed E-state index contributed by atoms with van der Waals surface area (Å²) in [5.41, 5.74) is 0.139. The second kappa shape index (κ2) is 4.82.